The Morgan fingerprint density at radius 1 is 0.952 bits per heavy atom. The molecule has 0 bridgehead atoms. The first-order valence-corrected chi connectivity index (χ1v) is 6.50. The van der Waals surface area contributed by atoms with Crippen LogP contribution in [0, 0.1) is 5.82 Å². The summed E-state index contributed by atoms with van der Waals surface area (Å²) in [6.45, 7) is 0.248. The third kappa shape index (κ3) is 2.50. The van der Waals surface area contributed by atoms with Gasteiger partial charge in [-0.2, -0.15) is 0 Å². The molecule has 0 aromatic heterocycles. The third-order valence-corrected chi connectivity index (χ3v) is 3.26. The molecule has 0 radical (unpaired) electrons. The van der Waals surface area contributed by atoms with Gasteiger partial charge < -0.3 is 4.74 Å². The van der Waals surface area contributed by atoms with Crippen molar-refractivity contribution in [1.82, 2.24) is 4.90 Å². The SMILES string of the molecule is O=C1c2ccccc2C(=O)N1CCOc1cccc(F)c1. The Kier molecular flexibility index (Phi) is 3.39. The lowest BCUT2D eigenvalue weighted by atomic mass is 10.1. The topological polar surface area (TPSA) is 46.6 Å². The predicted molar refractivity (Wildman–Crippen MR) is 73.7 cm³/mol. The Labute approximate surface area is 120 Å². The Bertz CT molecular complexity index is 679. The lowest BCUT2D eigenvalue weighted by molar-refractivity contribution is 0.0631. The van der Waals surface area contributed by atoms with Gasteiger partial charge in [0.15, 0.2) is 0 Å². The highest BCUT2D eigenvalue weighted by Gasteiger charge is 2.34. The van der Waals surface area contributed by atoms with E-state index in [1.54, 1.807) is 30.3 Å². The first-order chi connectivity index (χ1) is 10.2. The van der Waals surface area contributed by atoms with E-state index in [1.807, 2.05) is 0 Å². The zero-order chi connectivity index (χ0) is 14.8. The molecule has 0 N–H and O–H groups in total. The zero-order valence-electron chi connectivity index (χ0n) is 11.1. The van der Waals surface area contributed by atoms with Crippen molar-refractivity contribution >= 4 is 11.8 Å². The standard InChI is InChI=1S/C16H12FNO3/c17-11-4-3-5-12(10-11)21-9-8-18-15(19)13-6-1-2-7-14(13)16(18)20/h1-7,10H,8-9H2. The number of carbonyl (C=O) groups excluding carboxylic acids is 2. The van der Waals surface area contributed by atoms with E-state index in [0.717, 1.165) is 4.90 Å². The van der Waals surface area contributed by atoms with E-state index >= 15 is 0 Å². The average Bonchev–Trinajstić information content (AvgIpc) is 2.73. The van der Waals surface area contributed by atoms with E-state index in [1.165, 1.54) is 18.2 Å². The number of hydrogen-bond donors (Lipinski definition) is 0. The second-order valence-corrected chi connectivity index (χ2v) is 4.61. The first-order valence-electron chi connectivity index (χ1n) is 6.50. The van der Waals surface area contributed by atoms with E-state index < -0.39 is 5.82 Å². The number of halogens is 1. The van der Waals surface area contributed by atoms with Crippen LogP contribution in [-0.2, 0) is 0 Å². The molecule has 5 heteroatoms. The Balaban J connectivity index is 1.65. The third-order valence-electron chi connectivity index (χ3n) is 3.26. The number of nitrogens with zero attached hydrogens (tertiary/aromatic N) is 1. The van der Waals surface area contributed by atoms with Crippen LogP contribution in [0.25, 0.3) is 0 Å². The van der Waals surface area contributed by atoms with Crippen LogP contribution >= 0.6 is 0 Å². The fourth-order valence-electron chi connectivity index (χ4n) is 2.25. The number of amides is 2. The van der Waals surface area contributed by atoms with E-state index in [9.17, 15) is 14.0 Å². The van der Waals surface area contributed by atoms with Gasteiger partial charge in [-0.15, -0.1) is 0 Å². The lowest BCUT2D eigenvalue weighted by Gasteiger charge is -2.14. The molecule has 2 aromatic rings. The van der Waals surface area contributed by atoms with Crippen LogP contribution in [0.4, 0.5) is 4.39 Å². The van der Waals surface area contributed by atoms with E-state index in [4.69, 9.17) is 4.74 Å². The van der Waals surface area contributed by atoms with Gasteiger partial charge in [-0.05, 0) is 24.3 Å². The molecule has 1 heterocycles. The minimum Gasteiger partial charge on any atom is -0.492 e. The number of benzene rings is 2. The summed E-state index contributed by atoms with van der Waals surface area (Å²) in [4.78, 5) is 25.3. The van der Waals surface area contributed by atoms with Crippen LogP contribution < -0.4 is 4.74 Å². The highest BCUT2D eigenvalue weighted by atomic mass is 19.1. The van der Waals surface area contributed by atoms with Crippen molar-refractivity contribution in [3.63, 3.8) is 0 Å². The minimum atomic E-state index is -0.395. The van der Waals surface area contributed by atoms with Crippen LogP contribution in [0.1, 0.15) is 20.7 Å². The van der Waals surface area contributed by atoms with Crippen molar-refractivity contribution in [3.8, 4) is 5.75 Å². The van der Waals surface area contributed by atoms with Gasteiger partial charge in [-0.3, -0.25) is 14.5 Å². The van der Waals surface area contributed by atoms with Crippen LogP contribution in [0.3, 0.4) is 0 Å². The molecule has 0 atom stereocenters. The monoisotopic (exact) mass is 285 g/mol. The molecule has 2 amide bonds. The molecule has 2 aromatic carbocycles. The average molecular weight is 285 g/mol. The number of rotatable bonds is 4. The summed E-state index contributed by atoms with van der Waals surface area (Å²) >= 11 is 0. The number of imide groups is 1. The van der Waals surface area contributed by atoms with Gasteiger partial charge in [-0.1, -0.05) is 18.2 Å². The summed E-state index contributed by atoms with van der Waals surface area (Å²) < 4.78 is 18.4. The Morgan fingerprint density at radius 2 is 1.62 bits per heavy atom. The summed E-state index contributed by atoms with van der Waals surface area (Å²) in [6, 6.07) is 12.4. The summed E-state index contributed by atoms with van der Waals surface area (Å²) in [7, 11) is 0. The summed E-state index contributed by atoms with van der Waals surface area (Å²) in [5.74, 6) is -0.670. The molecule has 0 unspecified atom stereocenters. The zero-order valence-corrected chi connectivity index (χ0v) is 11.1. The van der Waals surface area contributed by atoms with Crippen molar-refractivity contribution in [2.75, 3.05) is 13.2 Å². The van der Waals surface area contributed by atoms with Crippen molar-refractivity contribution in [1.29, 1.82) is 0 Å². The van der Waals surface area contributed by atoms with E-state index in [-0.39, 0.29) is 25.0 Å². The smallest absolute Gasteiger partial charge is 0.261 e. The van der Waals surface area contributed by atoms with Gasteiger partial charge in [0.1, 0.15) is 18.2 Å². The summed E-state index contributed by atoms with van der Waals surface area (Å²) in [6.07, 6.45) is 0. The summed E-state index contributed by atoms with van der Waals surface area (Å²) in [5.41, 5.74) is 0.821. The number of hydrogen-bond acceptors (Lipinski definition) is 3. The second kappa shape index (κ2) is 5.36. The van der Waals surface area contributed by atoms with Gasteiger partial charge in [0.25, 0.3) is 11.8 Å². The maximum absolute atomic E-state index is 13.0. The van der Waals surface area contributed by atoms with E-state index in [0.29, 0.717) is 16.9 Å². The van der Waals surface area contributed by atoms with Gasteiger partial charge >= 0.3 is 0 Å². The van der Waals surface area contributed by atoms with Crippen LogP contribution in [0.2, 0.25) is 0 Å². The van der Waals surface area contributed by atoms with Crippen LogP contribution in [0.5, 0.6) is 5.75 Å². The molecule has 0 fully saturated rings. The number of carbonyl (C=O) groups is 2. The molecule has 0 saturated heterocycles. The fourth-order valence-corrected chi connectivity index (χ4v) is 2.25. The molecular formula is C16H12FNO3. The first kappa shape index (κ1) is 13.3. The maximum Gasteiger partial charge on any atom is 0.261 e. The Morgan fingerprint density at radius 3 is 2.24 bits per heavy atom. The minimum absolute atomic E-state index is 0.120. The normalized spacial score (nSPS) is 13.5. The fraction of sp³-hybridized carbons (Fsp3) is 0.125. The van der Waals surface area contributed by atoms with Gasteiger partial charge in [0.2, 0.25) is 0 Å². The summed E-state index contributed by atoms with van der Waals surface area (Å²) in [5, 5.41) is 0. The van der Waals surface area contributed by atoms with Gasteiger partial charge in [0.05, 0.1) is 17.7 Å². The van der Waals surface area contributed by atoms with E-state index in [2.05, 4.69) is 0 Å². The molecule has 21 heavy (non-hydrogen) atoms. The van der Waals surface area contributed by atoms with Crippen LogP contribution in [-0.4, -0.2) is 29.9 Å². The highest BCUT2D eigenvalue weighted by Crippen LogP contribution is 2.22. The molecule has 106 valence electrons. The van der Waals surface area contributed by atoms with Crippen molar-refractivity contribution in [2.24, 2.45) is 0 Å². The van der Waals surface area contributed by atoms with Gasteiger partial charge in [0, 0.05) is 6.07 Å². The van der Waals surface area contributed by atoms with Crippen molar-refractivity contribution < 1.29 is 18.7 Å². The highest BCUT2D eigenvalue weighted by molar-refractivity contribution is 6.21. The molecule has 0 aliphatic carbocycles. The number of ether oxygens (including phenoxy) is 1. The Hall–Kier alpha value is -2.69. The van der Waals surface area contributed by atoms with Crippen molar-refractivity contribution in [2.45, 2.75) is 0 Å². The second-order valence-electron chi connectivity index (χ2n) is 4.61. The largest absolute Gasteiger partial charge is 0.492 e. The molecule has 1 aliphatic heterocycles. The van der Waals surface area contributed by atoms with Gasteiger partial charge in [-0.25, -0.2) is 4.39 Å². The molecule has 1 aliphatic rings. The lowest BCUT2D eigenvalue weighted by Crippen LogP contribution is -2.33. The molecule has 3 rings (SSSR count). The number of fused-ring (bicyclic) bond motifs is 1. The molecule has 0 spiro atoms. The quantitative estimate of drug-likeness (QED) is 0.811. The molecule has 0 saturated carbocycles. The van der Waals surface area contributed by atoms with Crippen molar-refractivity contribution in [3.05, 3.63) is 65.5 Å². The molecule has 4 nitrogen and oxygen atoms in total. The van der Waals surface area contributed by atoms with Crippen LogP contribution in [0.15, 0.2) is 48.5 Å². The molecular weight excluding hydrogens is 273 g/mol. The maximum atomic E-state index is 13.0. The predicted octanol–water partition coefficient (Wildman–Crippen LogP) is 2.50.